The zero-order valence-electron chi connectivity index (χ0n) is 13.9. The van der Waals surface area contributed by atoms with Crippen molar-refractivity contribution >= 4 is 24.0 Å². The van der Waals surface area contributed by atoms with Crippen LogP contribution in [0.25, 0.3) is 0 Å². The van der Waals surface area contributed by atoms with Gasteiger partial charge in [-0.2, -0.15) is 0 Å². The Morgan fingerprint density at radius 2 is 1.78 bits per heavy atom. The van der Waals surface area contributed by atoms with Crippen LogP contribution in [0.4, 0.5) is 5.69 Å². The third-order valence-electron chi connectivity index (χ3n) is 4.25. The fourth-order valence-corrected chi connectivity index (χ4v) is 2.78. The Bertz CT molecular complexity index is 641. The van der Waals surface area contributed by atoms with E-state index in [9.17, 15) is 4.79 Å². The monoisotopic (exact) mass is 332 g/mol. The molecule has 23 heavy (non-hydrogen) atoms. The lowest BCUT2D eigenvalue weighted by molar-refractivity contribution is 0.0916. The number of hydrogen-bond acceptors (Lipinski definition) is 2. The maximum atomic E-state index is 12.5. The Hall–Kier alpha value is -2.00. The molecule has 0 heterocycles. The minimum absolute atomic E-state index is 0. The maximum absolute atomic E-state index is 12.5. The van der Waals surface area contributed by atoms with Crippen molar-refractivity contribution in [3.63, 3.8) is 0 Å². The third-order valence-corrected chi connectivity index (χ3v) is 4.25. The molecule has 3 N–H and O–H groups in total. The van der Waals surface area contributed by atoms with Gasteiger partial charge in [0.1, 0.15) is 0 Å². The Labute approximate surface area is 144 Å². The van der Waals surface area contributed by atoms with Crippen molar-refractivity contribution in [1.82, 2.24) is 5.32 Å². The molecule has 0 radical (unpaired) electrons. The Balaban J connectivity index is 0.00000264. The van der Waals surface area contributed by atoms with Gasteiger partial charge in [-0.25, -0.2) is 0 Å². The molecule has 124 valence electrons. The van der Waals surface area contributed by atoms with E-state index in [4.69, 9.17) is 5.73 Å². The molecule has 0 saturated carbocycles. The highest BCUT2D eigenvalue weighted by Crippen LogP contribution is 2.29. The number of hydrogen-bond donors (Lipinski definition) is 2. The zero-order chi connectivity index (χ0) is 16.2. The van der Waals surface area contributed by atoms with Gasteiger partial charge in [0.2, 0.25) is 0 Å². The number of benzene rings is 2. The van der Waals surface area contributed by atoms with Crippen molar-refractivity contribution in [2.45, 2.75) is 38.6 Å². The summed E-state index contributed by atoms with van der Waals surface area (Å²) < 4.78 is 0. The molecule has 2 aromatic rings. The number of carbonyl (C=O) groups is 1. The first-order chi connectivity index (χ1) is 10.4. The molecule has 2 aromatic carbocycles. The molecule has 0 aliphatic heterocycles. The van der Waals surface area contributed by atoms with Gasteiger partial charge in [0.05, 0.1) is 0 Å². The summed E-state index contributed by atoms with van der Waals surface area (Å²) in [6, 6.07) is 17.4. The number of amides is 1. The minimum atomic E-state index is -0.147. The van der Waals surface area contributed by atoms with Gasteiger partial charge in [-0.15, -0.1) is 12.4 Å². The number of nitrogens with two attached hydrogens (primary N) is 1. The average molecular weight is 333 g/mol. The predicted octanol–water partition coefficient (Wildman–Crippen LogP) is 4.18. The van der Waals surface area contributed by atoms with Crippen molar-refractivity contribution in [2.75, 3.05) is 5.73 Å². The maximum Gasteiger partial charge on any atom is 0.251 e. The van der Waals surface area contributed by atoms with Crippen LogP contribution in [-0.2, 0) is 5.41 Å². The van der Waals surface area contributed by atoms with E-state index >= 15 is 0 Å². The van der Waals surface area contributed by atoms with Gasteiger partial charge >= 0.3 is 0 Å². The van der Waals surface area contributed by atoms with Gasteiger partial charge < -0.3 is 11.1 Å². The van der Waals surface area contributed by atoms with Crippen LogP contribution in [0.1, 0.15) is 43.1 Å². The topological polar surface area (TPSA) is 55.1 Å². The average Bonchev–Trinajstić information content (AvgIpc) is 2.53. The Kier molecular flexibility index (Phi) is 6.64. The summed E-state index contributed by atoms with van der Waals surface area (Å²) in [4.78, 5) is 12.5. The van der Waals surface area contributed by atoms with E-state index < -0.39 is 0 Å². The van der Waals surface area contributed by atoms with Gasteiger partial charge in [-0.1, -0.05) is 57.2 Å². The summed E-state index contributed by atoms with van der Waals surface area (Å²) in [5.41, 5.74) is 8.03. The first kappa shape index (κ1) is 19.0. The van der Waals surface area contributed by atoms with E-state index in [0.717, 1.165) is 6.42 Å². The summed E-state index contributed by atoms with van der Waals surface area (Å²) in [6.07, 6.45) is 0.857. The van der Waals surface area contributed by atoms with Crippen molar-refractivity contribution in [3.05, 3.63) is 65.7 Å². The van der Waals surface area contributed by atoms with Gasteiger partial charge in [-0.05, 0) is 30.2 Å². The van der Waals surface area contributed by atoms with Crippen LogP contribution >= 0.6 is 12.4 Å². The second-order valence-electron chi connectivity index (χ2n) is 6.15. The summed E-state index contributed by atoms with van der Waals surface area (Å²) in [7, 11) is 0. The van der Waals surface area contributed by atoms with Crippen molar-refractivity contribution in [2.24, 2.45) is 0 Å². The molecule has 1 amide bonds. The van der Waals surface area contributed by atoms with E-state index in [1.807, 2.05) is 18.2 Å². The highest BCUT2D eigenvalue weighted by molar-refractivity contribution is 5.95. The van der Waals surface area contributed by atoms with E-state index in [1.165, 1.54) is 5.56 Å². The molecule has 0 aromatic heterocycles. The molecular weight excluding hydrogens is 308 g/mol. The SMILES string of the molecule is CCC(NC(=O)c1cccc(N)c1)C(C)(C)c1ccccc1.Cl. The van der Waals surface area contributed by atoms with Crippen molar-refractivity contribution in [1.29, 1.82) is 0 Å². The van der Waals surface area contributed by atoms with Crippen LogP contribution in [0.5, 0.6) is 0 Å². The summed E-state index contributed by atoms with van der Waals surface area (Å²) in [5.74, 6) is -0.0804. The van der Waals surface area contributed by atoms with E-state index in [1.54, 1.807) is 24.3 Å². The molecule has 0 aliphatic carbocycles. The third kappa shape index (κ3) is 4.49. The normalized spacial score (nSPS) is 12.1. The number of rotatable bonds is 5. The second kappa shape index (κ2) is 8.02. The van der Waals surface area contributed by atoms with Crippen LogP contribution < -0.4 is 11.1 Å². The van der Waals surface area contributed by atoms with Gasteiger partial charge in [0.25, 0.3) is 5.91 Å². The number of halogens is 1. The Morgan fingerprint density at radius 3 is 2.35 bits per heavy atom. The summed E-state index contributed by atoms with van der Waals surface area (Å²) >= 11 is 0. The van der Waals surface area contributed by atoms with Crippen molar-refractivity contribution < 1.29 is 4.79 Å². The van der Waals surface area contributed by atoms with E-state index in [0.29, 0.717) is 11.3 Å². The number of carbonyl (C=O) groups excluding carboxylic acids is 1. The standard InChI is InChI=1S/C19H24N2O.ClH/c1-4-17(19(2,3)15-10-6-5-7-11-15)21-18(22)14-9-8-12-16(20)13-14;/h5-13,17H,4,20H2,1-3H3,(H,21,22);1H. The zero-order valence-corrected chi connectivity index (χ0v) is 14.7. The van der Waals surface area contributed by atoms with E-state index in [2.05, 4.69) is 38.2 Å². The van der Waals surface area contributed by atoms with Crippen LogP contribution in [0.2, 0.25) is 0 Å². The second-order valence-corrected chi connectivity index (χ2v) is 6.15. The molecule has 0 bridgehead atoms. The molecule has 2 rings (SSSR count). The molecular formula is C19H25ClN2O. The van der Waals surface area contributed by atoms with E-state index in [-0.39, 0.29) is 29.8 Å². The van der Waals surface area contributed by atoms with Gasteiger partial charge in [0.15, 0.2) is 0 Å². The summed E-state index contributed by atoms with van der Waals surface area (Å²) in [6.45, 7) is 6.42. The van der Waals surface area contributed by atoms with Crippen LogP contribution in [0.3, 0.4) is 0 Å². The predicted molar refractivity (Wildman–Crippen MR) is 99.1 cm³/mol. The Morgan fingerprint density at radius 1 is 1.13 bits per heavy atom. The fourth-order valence-electron chi connectivity index (χ4n) is 2.78. The fraction of sp³-hybridized carbons (Fsp3) is 0.316. The van der Waals surface area contributed by atoms with Gasteiger partial charge in [-0.3, -0.25) is 4.79 Å². The highest BCUT2D eigenvalue weighted by Gasteiger charge is 2.31. The first-order valence-corrected chi connectivity index (χ1v) is 7.67. The molecule has 0 aliphatic rings. The molecule has 0 fully saturated rings. The smallest absolute Gasteiger partial charge is 0.251 e. The minimum Gasteiger partial charge on any atom is -0.399 e. The quantitative estimate of drug-likeness (QED) is 0.807. The molecule has 0 saturated heterocycles. The lowest BCUT2D eigenvalue weighted by Crippen LogP contribution is -2.47. The summed E-state index contributed by atoms with van der Waals surface area (Å²) in [5, 5.41) is 3.15. The van der Waals surface area contributed by atoms with Crippen LogP contribution in [-0.4, -0.2) is 11.9 Å². The molecule has 0 spiro atoms. The van der Waals surface area contributed by atoms with Crippen LogP contribution in [0.15, 0.2) is 54.6 Å². The first-order valence-electron chi connectivity index (χ1n) is 7.67. The molecule has 4 heteroatoms. The number of nitrogens with one attached hydrogen (secondary N) is 1. The lowest BCUT2D eigenvalue weighted by atomic mass is 9.76. The molecule has 3 nitrogen and oxygen atoms in total. The highest BCUT2D eigenvalue weighted by atomic mass is 35.5. The van der Waals surface area contributed by atoms with Crippen LogP contribution in [0, 0.1) is 0 Å². The van der Waals surface area contributed by atoms with Gasteiger partial charge in [0, 0.05) is 22.7 Å². The van der Waals surface area contributed by atoms with Crippen molar-refractivity contribution in [3.8, 4) is 0 Å². The number of anilines is 1. The number of nitrogen functional groups attached to an aromatic ring is 1. The molecule has 1 unspecified atom stereocenters. The molecule has 1 atom stereocenters. The lowest BCUT2D eigenvalue weighted by Gasteiger charge is -2.35. The largest absolute Gasteiger partial charge is 0.399 e.